The third-order valence-corrected chi connectivity index (χ3v) is 5.79. The standard InChI is InChI=1S/C21H22N2O6S/c1-14(17-8-5-15(13-22)6-9-17)23-30(25,26)19-12-16(7-10-20(24)28-3)11-18(27-2)21(19)29-4/h5-12,14,23H,1-4H3/b10-7+. The Morgan fingerprint density at radius 3 is 2.33 bits per heavy atom. The molecule has 2 aromatic rings. The van der Waals surface area contributed by atoms with Gasteiger partial charge in [-0.3, -0.25) is 0 Å². The molecule has 30 heavy (non-hydrogen) atoms. The smallest absolute Gasteiger partial charge is 0.330 e. The summed E-state index contributed by atoms with van der Waals surface area (Å²) in [7, 11) is -0.0717. The molecule has 0 amide bonds. The molecule has 0 heterocycles. The number of carbonyl (C=O) groups excluding carboxylic acids is 1. The van der Waals surface area contributed by atoms with Gasteiger partial charge in [-0.05, 0) is 48.4 Å². The van der Waals surface area contributed by atoms with Crippen molar-refractivity contribution < 1.29 is 27.4 Å². The minimum Gasteiger partial charge on any atom is -0.493 e. The fraction of sp³-hybridized carbons (Fsp3) is 0.238. The van der Waals surface area contributed by atoms with Crippen molar-refractivity contribution in [3.05, 3.63) is 59.2 Å². The van der Waals surface area contributed by atoms with Gasteiger partial charge in [-0.15, -0.1) is 0 Å². The molecule has 0 saturated heterocycles. The average molecular weight is 430 g/mol. The molecule has 8 nitrogen and oxygen atoms in total. The zero-order chi connectivity index (χ0) is 22.3. The Hall–Kier alpha value is -3.35. The van der Waals surface area contributed by atoms with E-state index in [1.807, 2.05) is 6.07 Å². The van der Waals surface area contributed by atoms with Gasteiger partial charge in [0.25, 0.3) is 0 Å². The van der Waals surface area contributed by atoms with E-state index in [2.05, 4.69) is 9.46 Å². The molecule has 0 aromatic heterocycles. The Morgan fingerprint density at radius 2 is 1.80 bits per heavy atom. The van der Waals surface area contributed by atoms with E-state index in [4.69, 9.17) is 14.7 Å². The third-order valence-electron chi connectivity index (χ3n) is 4.24. The van der Waals surface area contributed by atoms with Crippen molar-refractivity contribution in [1.82, 2.24) is 4.72 Å². The van der Waals surface area contributed by atoms with Crippen molar-refractivity contribution in [2.75, 3.05) is 21.3 Å². The molecule has 0 aliphatic rings. The number of carbonyl (C=O) groups is 1. The van der Waals surface area contributed by atoms with Gasteiger partial charge in [0.1, 0.15) is 4.90 Å². The second kappa shape index (κ2) is 9.91. The van der Waals surface area contributed by atoms with Gasteiger partial charge in [-0.1, -0.05) is 12.1 Å². The minimum absolute atomic E-state index is 0.0345. The van der Waals surface area contributed by atoms with Gasteiger partial charge in [0.2, 0.25) is 10.0 Å². The molecule has 9 heteroatoms. The van der Waals surface area contributed by atoms with Gasteiger partial charge < -0.3 is 14.2 Å². The SMILES string of the molecule is COC(=O)/C=C/c1cc(OC)c(OC)c(S(=O)(=O)NC(C)c2ccc(C#N)cc2)c1. The Morgan fingerprint density at radius 1 is 1.13 bits per heavy atom. The summed E-state index contributed by atoms with van der Waals surface area (Å²) in [6.45, 7) is 1.68. The van der Waals surface area contributed by atoms with Crippen molar-refractivity contribution in [3.8, 4) is 17.6 Å². The number of sulfonamides is 1. The molecular formula is C21H22N2O6S. The third kappa shape index (κ3) is 5.37. The highest BCUT2D eigenvalue weighted by Crippen LogP contribution is 2.36. The van der Waals surface area contributed by atoms with Gasteiger partial charge in [0.05, 0.1) is 33.0 Å². The van der Waals surface area contributed by atoms with E-state index in [1.165, 1.54) is 39.5 Å². The van der Waals surface area contributed by atoms with Crippen molar-refractivity contribution in [2.24, 2.45) is 0 Å². The van der Waals surface area contributed by atoms with E-state index in [0.29, 0.717) is 16.7 Å². The molecule has 1 atom stereocenters. The summed E-state index contributed by atoms with van der Waals surface area (Å²) in [6.07, 6.45) is 2.58. The second-order valence-electron chi connectivity index (χ2n) is 6.19. The molecule has 0 saturated carbocycles. The molecule has 0 bridgehead atoms. The number of nitrogens with one attached hydrogen (secondary N) is 1. The highest BCUT2D eigenvalue weighted by atomic mass is 32.2. The first-order valence-corrected chi connectivity index (χ1v) is 10.3. The summed E-state index contributed by atoms with van der Waals surface area (Å²) in [5.74, 6) is -0.357. The van der Waals surface area contributed by atoms with Crippen LogP contribution in [0.25, 0.3) is 6.08 Å². The van der Waals surface area contributed by atoms with Crippen molar-refractivity contribution >= 4 is 22.1 Å². The molecule has 0 fully saturated rings. The van der Waals surface area contributed by atoms with Crippen molar-refractivity contribution in [2.45, 2.75) is 17.9 Å². The lowest BCUT2D eigenvalue weighted by Crippen LogP contribution is -2.27. The predicted molar refractivity (Wildman–Crippen MR) is 110 cm³/mol. The molecule has 0 radical (unpaired) electrons. The van der Waals surface area contributed by atoms with E-state index in [-0.39, 0.29) is 16.4 Å². The average Bonchev–Trinajstić information content (AvgIpc) is 2.76. The monoisotopic (exact) mass is 430 g/mol. The summed E-state index contributed by atoms with van der Waals surface area (Å²) in [4.78, 5) is 11.2. The first-order chi connectivity index (χ1) is 14.2. The van der Waals surface area contributed by atoms with Crippen molar-refractivity contribution in [1.29, 1.82) is 5.26 Å². The first-order valence-electron chi connectivity index (χ1n) is 8.80. The number of hydrogen-bond donors (Lipinski definition) is 1. The van der Waals surface area contributed by atoms with E-state index >= 15 is 0 Å². The highest BCUT2D eigenvalue weighted by molar-refractivity contribution is 7.89. The van der Waals surface area contributed by atoms with Crippen LogP contribution in [-0.2, 0) is 19.6 Å². The van der Waals surface area contributed by atoms with Crippen LogP contribution in [-0.4, -0.2) is 35.7 Å². The summed E-state index contributed by atoms with van der Waals surface area (Å²) >= 11 is 0. The van der Waals surface area contributed by atoms with Crippen LogP contribution in [0.1, 0.15) is 29.7 Å². The molecule has 1 unspecified atom stereocenters. The fourth-order valence-corrected chi connectivity index (χ4v) is 4.14. The lowest BCUT2D eigenvalue weighted by molar-refractivity contribution is -0.134. The van der Waals surface area contributed by atoms with Crippen LogP contribution in [0.3, 0.4) is 0 Å². The summed E-state index contributed by atoms with van der Waals surface area (Å²) in [5, 5.41) is 8.91. The molecule has 158 valence electrons. The number of benzene rings is 2. The number of nitriles is 1. The van der Waals surface area contributed by atoms with Gasteiger partial charge in [-0.2, -0.15) is 5.26 Å². The first kappa shape index (κ1) is 22.9. The van der Waals surface area contributed by atoms with Crippen LogP contribution >= 0.6 is 0 Å². The topological polar surface area (TPSA) is 115 Å². The molecule has 2 rings (SSSR count). The maximum Gasteiger partial charge on any atom is 0.330 e. The van der Waals surface area contributed by atoms with Gasteiger partial charge in [-0.25, -0.2) is 17.9 Å². The fourth-order valence-electron chi connectivity index (χ4n) is 2.69. The number of methoxy groups -OCH3 is 3. The minimum atomic E-state index is -4.04. The number of ether oxygens (including phenoxy) is 3. The Labute approximate surface area is 175 Å². The summed E-state index contributed by atoms with van der Waals surface area (Å²) < 4.78 is 43.9. The van der Waals surface area contributed by atoms with Gasteiger partial charge >= 0.3 is 5.97 Å². The number of esters is 1. The zero-order valence-corrected chi connectivity index (χ0v) is 17.8. The molecule has 1 N–H and O–H groups in total. The van der Waals surface area contributed by atoms with Crippen LogP contribution in [0.2, 0.25) is 0 Å². The van der Waals surface area contributed by atoms with E-state index < -0.39 is 22.0 Å². The van der Waals surface area contributed by atoms with Gasteiger partial charge in [0, 0.05) is 12.1 Å². The molecular weight excluding hydrogens is 408 g/mol. The quantitative estimate of drug-likeness (QED) is 0.506. The Balaban J connectivity index is 2.46. The number of nitrogens with zero attached hydrogens (tertiary/aromatic N) is 1. The maximum atomic E-state index is 13.1. The van der Waals surface area contributed by atoms with Crippen LogP contribution in [0.5, 0.6) is 11.5 Å². The van der Waals surface area contributed by atoms with Gasteiger partial charge in [0.15, 0.2) is 11.5 Å². The van der Waals surface area contributed by atoms with Crippen LogP contribution in [0.4, 0.5) is 0 Å². The Bertz CT molecular complexity index is 1090. The zero-order valence-electron chi connectivity index (χ0n) is 17.0. The number of rotatable bonds is 8. The second-order valence-corrected chi connectivity index (χ2v) is 7.87. The van der Waals surface area contributed by atoms with E-state index in [9.17, 15) is 13.2 Å². The summed E-state index contributed by atoms with van der Waals surface area (Å²) in [5.41, 5.74) is 1.57. The summed E-state index contributed by atoms with van der Waals surface area (Å²) in [6, 6.07) is 10.9. The lowest BCUT2D eigenvalue weighted by atomic mass is 10.1. The molecule has 0 aliphatic heterocycles. The van der Waals surface area contributed by atoms with E-state index in [0.717, 1.165) is 0 Å². The van der Waals surface area contributed by atoms with Crippen molar-refractivity contribution in [3.63, 3.8) is 0 Å². The molecule has 2 aromatic carbocycles. The van der Waals surface area contributed by atoms with Crippen LogP contribution in [0, 0.1) is 11.3 Å². The normalized spacial score (nSPS) is 12.2. The molecule has 0 spiro atoms. The van der Waals surface area contributed by atoms with Crippen LogP contribution < -0.4 is 14.2 Å². The largest absolute Gasteiger partial charge is 0.493 e. The van der Waals surface area contributed by atoms with E-state index in [1.54, 1.807) is 37.3 Å². The lowest BCUT2D eigenvalue weighted by Gasteiger charge is -2.18. The maximum absolute atomic E-state index is 13.1. The molecule has 0 aliphatic carbocycles. The predicted octanol–water partition coefficient (Wildman–Crippen LogP) is 2.80. The van der Waals surface area contributed by atoms with Crippen LogP contribution in [0.15, 0.2) is 47.4 Å². The Kier molecular flexibility index (Phi) is 7.58. The highest BCUT2D eigenvalue weighted by Gasteiger charge is 2.26. The number of hydrogen-bond acceptors (Lipinski definition) is 7.